The van der Waals surface area contributed by atoms with Crippen LogP contribution in [0.5, 0.6) is 0 Å². The van der Waals surface area contributed by atoms with Crippen LogP contribution in [-0.4, -0.2) is 43.6 Å². The lowest BCUT2D eigenvalue weighted by molar-refractivity contribution is 0.270. The second-order valence-electron chi connectivity index (χ2n) is 7.33. The Labute approximate surface area is 190 Å². The lowest BCUT2D eigenvalue weighted by atomic mass is 10.1. The monoisotopic (exact) mass is 511 g/mol. The Hall–Kier alpha value is -1.87. The molecular weight excluding hydrogens is 480 g/mol. The van der Waals surface area contributed by atoms with Crippen molar-refractivity contribution in [2.75, 3.05) is 42.9 Å². The van der Waals surface area contributed by atoms with Crippen LogP contribution in [-0.2, 0) is 6.54 Å². The highest BCUT2D eigenvalue weighted by Crippen LogP contribution is 2.22. The van der Waals surface area contributed by atoms with Crippen LogP contribution in [0.3, 0.4) is 0 Å². The molecule has 0 radical (unpaired) electrons. The van der Waals surface area contributed by atoms with Crippen molar-refractivity contribution in [2.45, 2.75) is 27.3 Å². The van der Waals surface area contributed by atoms with E-state index in [0.717, 1.165) is 44.0 Å². The van der Waals surface area contributed by atoms with Gasteiger partial charge in [0.1, 0.15) is 5.82 Å². The van der Waals surface area contributed by atoms with Crippen LogP contribution < -0.4 is 16.0 Å². The number of piperazine rings is 1. The molecule has 7 heteroatoms. The fraction of sp³-hybridized carbons (Fsp3) is 0.409. The molecule has 0 bridgehead atoms. The Balaban J connectivity index is 0.00000300. The molecule has 2 aromatic carbocycles. The number of hydrogen-bond donors (Lipinski definition) is 2. The third kappa shape index (κ3) is 6.30. The number of nitrogens with two attached hydrogens (primary N) is 1. The minimum absolute atomic E-state index is 0. The molecule has 0 aliphatic carbocycles. The standard InChI is InChI=1S/C22H30FN5.HI/c1-4-27-9-11-28(12-10-27)21-8-6-18(14-20(21)23)15-25-22(24)26-19-7-5-16(2)17(3)13-19;/h5-8,13-14H,4,9-12,15H2,1-3H3,(H3,24,25,26);1H. The summed E-state index contributed by atoms with van der Waals surface area (Å²) in [5.74, 6) is 0.127. The van der Waals surface area contributed by atoms with Crippen molar-refractivity contribution >= 4 is 41.3 Å². The molecular formula is C22H31FIN5. The van der Waals surface area contributed by atoms with Crippen LogP contribution in [0, 0.1) is 19.7 Å². The van der Waals surface area contributed by atoms with Crippen molar-refractivity contribution < 1.29 is 4.39 Å². The van der Waals surface area contributed by atoms with Crippen molar-refractivity contribution in [3.05, 3.63) is 58.9 Å². The van der Waals surface area contributed by atoms with Gasteiger partial charge in [0.25, 0.3) is 0 Å². The minimum atomic E-state index is -0.196. The van der Waals surface area contributed by atoms with E-state index in [-0.39, 0.29) is 29.8 Å². The van der Waals surface area contributed by atoms with Gasteiger partial charge in [0.15, 0.2) is 5.96 Å². The molecule has 29 heavy (non-hydrogen) atoms. The van der Waals surface area contributed by atoms with Crippen LogP contribution >= 0.6 is 24.0 Å². The van der Waals surface area contributed by atoms with E-state index in [2.05, 4.69) is 40.9 Å². The molecule has 158 valence electrons. The number of hydrogen-bond acceptors (Lipinski definition) is 3. The van der Waals surface area contributed by atoms with Crippen molar-refractivity contribution in [2.24, 2.45) is 10.7 Å². The molecule has 1 fully saturated rings. The molecule has 0 spiro atoms. The van der Waals surface area contributed by atoms with Gasteiger partial charge in [0.2, 0.25) is 0 Å². The van der Waals surface area contributed by atoms with Gasteiger partial charge in [-0.15, -0.1) is 24.0 Å². The third-order valence-electron chi connectivity index (χ3n) is 5.38. The Kier molecular flexibility index (Phi) is 8.70. The van der Waals surface area contributed by atoms with Gasteiger partial charge in [-0.3, -0.25) is 0 Å². The largest absolute Gasteiger partial charge is 0.370 e. The molecule has 0 atom stereocenters. The van der Waals surface area contributed by atoms with Gasteiger partial charge >= 0.3 is 0 Å². The van der Waals surface area contributed by atoms with Crippen molar-refractivity contribution in [1.29, 1.82) is 0 Å². The summed E-state index contributed by atoms with van der Waals surface area (Å²) in [7, 11) is 0. The van der Waals surface area contributed by atoms with Crippen LogP contribution in [0.4, 0.5) is 15.8 Å². The highest BCUT2D eigenvalue weighted by molar-refractivity contribution is 14.0. The highest BCUT2D eigenvalue weighted by atomic mass is 127. The van der Waals surface area contributed by atoms with E-state index in [1.807, 2.05) is 30.3 Å². The van der Waals surface area contributed by atoms with Gasteiger partial charge in [-0.1, -0.05) is 19.1 Å². The van der Waals surface area contributed by atoms with Crippen LogP contribution in [0.2, 0.25) is 0 Å². The van der Waals surface area contributed by atoms with Crippen molar-refractivity contribution in [1.82, 2.24) is 4.90 Å². The molecule has 0 saturated carbocycles. The summed E-state index contributed by atoms with van der Waals surface area (Å²) in [6.45, 7) is 11.3. The lowest BCUT2D eigenvalue weighted by Gasteiger charge is -2.35. The van der Waals surface area contributed by atoms with E-state index in [4.69, 9.17) is 5.73 Å². The van der Waals surface area contributed by atoms with Gasteiger partial charge in [-0.05, 0) is 61.3 Å². The number of aryl methyl sites for hydroxylation is 2. The summed E-state index contributed by atoms with van der Waals surface area (Å²) in [4.78, 5) is 8.84. The SMILES string of the molecule is CCN1CCN(c2ccc(CN=C(N)Nc3ccc(C)c(C)c3)cc2F)CC1.I. The number of rotatable bonds is 5. The number of anilines is 2. The summed E-state index contributed by atoms with van der Waals surface area (Å²) < 4.78 is 14.6. The Morgan fingerprint density at radius 2 is 1.79 bits per heavy atom. The van der Waals surface area contributed by atoms with E-state index >= 15 is 0 Å². The predicted molar refractivity (Wildman–Crippen MR) is 131 cm³/mol. The molecule has 3 rings (SSSR count). The normalized spacial score (nSPS) is 15.2. The Morgan fingerprint density at radius 3 is 2.41 bits per heavy atom. The summed E-state index contributed by atoms with van der Waals surface area (Å²) in [5.41, 5.74) is 10.8. The van der Waals surface area contributed by atoms with Gasteiger partial charge < -0.3 is 20.9 Å². The lowest BCUT2D eigenvalue weighted by Crippen LogP contribution is -2.46. The first-order chi connectivity index (χ1) is 13.5. The molecule has 1 heterocycles. The number of nitrogens with one attached hydrogen (secondary N) is 1. The molecule has 2 aromatic rings. The predicted octanol–water partition coefficient (Wildman–Crippen LogP) is 4.13. The molecule has 1 saturated heterocycles. The van der Waals surface area contributed by atoms with Gasteiger partial charge in [0.05, 0.1) is 12.2 Å². The van der Waals surface area contributed by atoms with Crippen LogP contribution in [0.25, 0.3) is 0 Å². The van der Waals surface area contributed by atoms with E-state index in [1.165, 1.54) is 11.1 Å². The number of halogens is 2. The Morgan fingerprint density at radius 1 is 1.07 bits per heavy atom. The maximum absolute atomic E-state index is 14.6. The Bertz CT molecular complexity index is 847. The van der Waals surface area contributed by atoms with E-state index in [1.54, 1.807) is 6.07 Å². The molecule has 0 amide bonds. The molecule has 5 nitrogen and oxygen atoms in total. The summed E-state index contributed by atoms with van der Waals surface area (Å²) in [6.07, 6.45) is 0. The summed E-state index contributed by atoms with van der Waals surface area (Å²) >= 11 is 0. The van der Waals surface area contributed by atoms with E-state index in [9.17, 15) is 4.39 Å². The molecule has 3 N–H and O–H groups in total. The van der Waals surface area contributed by atoms with Crippen LogP contribution in [0.15, 0.2) is 41.4 Å². The molecule has 0 unspecified atom stereocenters. The smallest absolute Gasteiger partial charge is 0.193 e. The summed E-state index contributed by atoms with van der Waals surface area (Å²) in [6, 6.07) is 11.4. The highest BCUT2D eigenvalue weighted by Gasteiger charge is 2.18. The zero-order valence-corrected chi connectivity index (χ0v) is 19.7. The van der Waals surface area contributed by atoms with Gasteiger partial charge in [-0.25, -0.2) is 9.38 Å². The second-order valence-corrected chi connectivity index (χ2v) is 7.33. The number of likely N-dealkylation sites (N-methyl/N-ethyl adjacent to an activating group) is 1. The van der Waals surface area contributed by atoms with Gasteiger partial charge in [-0.2, -0.15) is 0 Å². The van der Waals surface area contributed by atoms with Crippen LogP contribution in [0.1, 0.15) is 23.6 Å². The van der Waals surface area contributed by atoms with Crippen molar-refractivity contribution in [3.8, 4) is 0 Å². The first-order valence-corrected chi connectivity index (χ1v) is 9.86. The number of aliphatic imine (C=N–C) groups is 1. The first-order valence-electron chi connectivity index (χ1n) is 9.86. The zero-order chi connectivity index (χ0) is 20.1. The quantitative estimate of drug-likeness (QED) is 0.360. The third-order valence-corrected chi connectivity index (χ3v) is 5.38. The fourth-order valence-corrected chi connectivity index (χ4v) is 3.39. The van der Waals surface area contributed by atoms with Gasteiger partial charge in [0, 0.05) is 31.9 Å². The first kappa shape index (κ1) is 23.4. The van der Waals surface area contributed by atoms with E-state index < -0.39 is 0 Å². The minimum Gasteiger partial charge on any atom is -0.370 e. The fourth-order valence-electron chi connectivity index (χ4n) is 3.39. The topological polar surface area (TPSA) is 56.9 Å². The molecule has 1 aliphatic heterocycles. The maximum atomic E-state index is 14.6. The number of nitrogens with zero attached hydrogens (tertiary/aromatic N) is 3. The van der Waals surface area contributed by atoms with E-state index in [0.29, 0.717) is 18.2 Å². The average molecular weight is 511 g/mol. The number of benzene rings is 2. The zero-order valence-electron chi connectivity index (χ0n) is 17.4. The molecule has 0 aromatic heterocycles. The maximum Gasteiger partial charge on any atom is 0.193 e. The van der Waals surface area contributed by atoms with Crippen molar-refractivity contribution in [3.63, 3.8) is 0 Å². The average Bonchev–Trinajstić information content (AvgIpc) is 2.69. The molecule has 1 aliphatic rings. The second kappa shape index (κ2) is 10.8. The summed E-state index contributed by atoms with van der Waals surface area (Å²) in [5, 5.41) is 3.09. The number of guanidine groups is 1.